The van der Waals surface area contributed by atoms with E-state index in [2.05, 4.69) is 67.2 Å². The molecule has 0 aromatic heterocycles. The van der Waals surface area contributed by atoms with Gasteiger partial charge >= 0.3 is 0 Å². The van der Waals surface area contributed by atoms with Crippen LogP contribution in [0.25, 0.3) is 0 Å². The van der Waals surface area contributed by atoms with E-state index in [-0.39, 0.29) is 24.0 Å². The quantitative estimate of drug-likeness (QED) is 0.300. The molecule has 1 saturated heterocycles. The van der Waals surface area contributed by atoms with Crippen LogP contribution in [0.5, 0.6) is 0 Å². The van der Waals surface area contributed by atoms with Crippen molar-refractivity contribution < 1.29 is 4.74 Å². The Morgan fingerprint density at radius 2 is 2.07 bits per heavy atom. The van der Waals surface area contributed by atoms with Crippen LogP contribution in [0.2, 0.25) is 0 Å². The summed E-state index contributed by atoms with van der Waals surface area (Å²) in [5.41, 5.74) is 1.24. The zero-order chi connectivity index (χ0) is 19.5. The van der Waals surface area contributed by atoms with E-state index in [4.69, 9.17) is 9.73 Å². The molecule has 0 amide bonds. The fourth-order valence-corrected chi connectivity index (χ4v) is 3.35. The van der Waals surface area contributed by atoms with Gasteiger partial charge in [-0.25, -0.2) is 0 Å². The fourth-order valence-electron chi connectivity index (χ4n) is 3.35. The average Bonchev–Trinajstić information content (AvgIpc) is 3.16. The van der Waals surface area contributed by atoms with Gasteiger partial charge in [0.15, 0.2) is 5.96 Å². The number of nitrogens with one attached hydrogen (secondary N) is 1. The predicted octanol–water partition coefficient (Wildman–Crippen LogP) is 3.84. The molecule has 2 atom stereocenters. The molecule has 0 bridgehead atoms. The lowest BCUT2D eigenvalue weighted by atomic mass is 10.1. The van der Waals surface area contributed by atoms with Crippen LogP contribution in [0.4, 0.5) is 0 Å². The Morgan fingerprint density at radius 1 is 1.32 bits per heavy atom. The SMILES string of the molecule is CCNC(=NCCN(C)C(C)CC)N1CCC(COCc2ccccc2)C1.I. The van der Waals surface area contributed by atoms with E-state index in [1.807, 2.05) is 6.07 Å². The molecule has 0 saturated carbocycles. The van der Waals surface area contributed by atoms with E-state index in [9.17, 15) is 0 Å². The standard InChI is InChI=1S/C22H38N4O.HI/c1-5-19(3)25(4)15-13-24-22(23-6-2)26-14-12-21(16-26)18-27-17-20-10-8-7-9-11-20;/h7-11,19,21H,5-6,12-18H2,1-4H3,(H,23,24);1H. The Hall–Kier alpha value is -0.860. The van der Waals surface area contributed by atoms with Crippen molar-refractivity contribution in [3.63, 3.8) is 0 Å². The van der Waals surface area contributed by atoms with Crippen LogP contribution < -0.4 is 5.32 Å². The first-order valence-electron chi connectivity index (χ1n) is 10.5. The van der Waals surface area contributed by atoms with Gasteiger partial charge in [0.1, 0.15) is 0 Å². The Labute approximate surface area is 188 Å². The second kappa shape index (κ2) is 14.2. The molecule has 0 spiro atoms. The molecule has 5 nitrogen and oxygen atoms in total. The first-order valence-corrected chi connectivity index (χ1v) is 10.5. The van der Waals surface area contributed by atoms with Gasteiger partial charge in [-0.05, 0) is 39.3 Å². The van der Waals surface area contributed by atoms with Crippen molar-refractivity contribution in [3.8, 4) is 0 Å². The second-order valence-corrected chi connectivity index (χ2v) is 7.57. The minimum atomic E-state index is 0. The molecule has 0 radical (unpaired) electrons. The van der Waals surface area contributed by atoms with Crippen molar-refractivity contribution in [2.45, 2.75) is 46.3 Å². The van der Waals surface area contributed by atoms with E-state index < -0.39 is 0 Å². The zero-order valence-corrected chi connectivity index (χ0v) is 20.4. The summed E-state index contributed by atoms with van der Waals surface area (Å²) in [6.07, 6.45) is 2.35. The normalized spacial score (nSPS) is 18.2. The van der Waals surface area contributed by atoms with Crippen molar-refractivity contribution in [1.29, 1.82) is 0 Å². The number of aliphatic imine (C=N–C) groups is 1. The third-order valence-corrected chi connectivity index (χ3v) is 5.44. The molecule has 1 aliphatic rings. The number of guanidine groups is 1. The lowest BCUT2D eigenvalue weighted by Crippen LogP contribution is -2.41. The van der Waals surface area contributed by atoms with Crippen LogP contribution in [0.3, 0.4) is 0 Å². The molecular formula is C22H39IN4O. The van der Waals surface area contributed by atoms with Crippen molar-refractivity contribution in [3.05, 3.63) is 35.9 Å². The molecule has 1 heterocycles. The number of ether oxygens (including phenoxy) is 1. The van der Waals surface area contributed by atoms with Gasteiger partial charge in [0, 0.05) is 38.1 Å². The lowest BCUT2D eigenvalue weighted by Gasteiger charge is -2.24. The van der Waals surface area contributed by atoms with Crippen molar-refractivity contribution in [2.75, 3.05) is 46.4 Å². The summed E-state index contributed by atoms with van der Waals surface area (Å²) in [4.78, 5) is 9.64. The van der Waals surface area contributed by atoms with E-state index in [1.165, 1.54) is 18.4 Å². The maximum atomic E-state index is 5.95. The number of hydrogen-bond acceptors (Lipinski definition) is 3. The molecule has 1 aliphatic heterocycles. The number of hydrogen-bond donors (Lipinski definition) is 1. The summed E-state index contributed by atoms with van der Waals surface area (Å²) >= 11 is 0. The van der Waals surface area contributed by atoms with Crippen LogP contribution >= 0.6 is 24.0 Å². The summed E-state index contributed by atoms with van der Waals surface area (Å²) in [6.45, 7) is 13.0. The Bertz CT molecular complexity index is 555. The minimum Gasteiger partial charge on any atom is -0.376 e. The van der Waals surface area contributed by atoms with Gasteiger partial charge in [0.2, 0.25) is 0 Å². The number of halogens is 1. The van der Waals surface area contributed by atoms with Crippen LogP contribution in [-0.2, 0) is 11.3 Å². The first kappa shape index (κ1) is 25.2. The van der Waals surface area contributed by atoms with Gasteiger partial charge in [-0.15, -0.1) is 24.0 Å². The maximum Gasteiger partial charge on any atom is 0.193 e. The molecule has 160 valence electrons. The van der Waals surface area contributed by atoms with Gasteiger partial charge in [0.05, 0.1) is 19.8 Å². The number of likely N-dealkylation sites (N-methyl/N-ethyl adjacent to an activating group) is 1. The van der Waals surface area contributed by atoms with E-state index in [0.29, 0.717) is 18.6 Å². The highest BCUT2D eigenvalue weighted by Gasteiger charge is 2.25. The number of rotatable bonds is 10. The second-order valence-electron chi connectivity index (χ2n) is 7.57. The van der Waals surface area contributed by atoms with Gasteiger partial charge in [-0.3, -0.25) is 4.99 Å². The Balaban J connectivity index is 0.00000392. The van der Waals surface area contributed by atoms with E-state index in [1.54, 1.807) is 0 Å². The van der Waals surface area contributed by atoms with E-state index >= 15 is 0 Å². The lowest BCUT2D eigenvalue weighted by molar-refractivity contribution is 0.0906. The average molecular weight is 502 g/mol. The van der Waals surface area contributed by atoms with Crippen molar-refractivity contribution in [2.24, 2.45) is 10.9 Å². The first-order chi connectivity index (χ1) is 13.1. The van der Waals surface area contributed by atoms with Crippen LogP contribution in [0.15, 0.2) is 35.3 Å². The largest absolute Gasteiger partial charge is 0.376 e. The number of benzene rings is 1. The molecule has 28 heavy (non-hydrogen) atoms. The number of nitrogens with zero attached hydrogens (tertiary/aromatic N) is 3. The Morgan fingerprint density at radius 3 is 2.75 bits per heavy atom. The van der Waals surface area contributed by atoms with Crippen LogP contribution in [-0.4, -0.2) is 68.2 Å². The highest BCUT2D eigenvalue weighted by molar-refractivity contribution is 14.0. The summed E-state index contributed by atoms with van der Waals surface area (Å²) in [5.74, 6) is 1.64. The van der Waals surface area contributed by atoms with Crippen LogP contribution in [0.1, 0.15) is 39.2 Å². The molecular weight excluding hydrogens is 463 g/mol. The third-order valence-electron chi connectivity index (χ3n) is 5.44. The van der Waals surface area contributed by atoms with Crippen LogP contribution in [0, 0.1) is 5.92 Å². The highest BCUT2D eigenvalue weighted by Crippen LogP contribution is 2.17. The van der Waals surface area contributed by atoms with Crippen molar-refractivity contribution >= 4 is 29.9 Å². The topological polar surface area (TPSA) is 40.1 Å². The fraction of sp³-hybridized carbons (Fsp3) is 0.682. The predicted molar refractivity (Wildman–Crippen MR) is 130 cm³/mol. The monoisotopic (exact) mass is 502 g/mol. The molecule has 1 aromatic carbocycles. The summed E-state index contributed by atoms with van der Waals surface area (Å²) < 4.78 is 5.95. The number of likely N-dealkylation sites (tertiary alicyclic amines) is 1. The summed E-state index contributed by atoms with van der Waals surface area (Å²) in [7, 11) is 2.19. The van der Waals surface area contributed by atoms with Gasteiger partial charge in [-0.2, -0.15) is 0 Å². The molecule has 1 fully saturated rings. The van der Waals surface area contributed by atoms with E-state index in [0.717, 1.165) is 45.3 Å². The maximum absolute atomic E-state index is 5.95. The molecule has 1 N–H and O–H groups in total. The molecule has 2 rings (SSSR count). The zero-order valence-electron chi connectivity index (χ0n) is 18.1. The summed E-state index contributed by atoms with van der Waals surface area (Å²) in [5, 5.41) is 3.46. The molecule has 1 aromatic rings. The summed E-state index contributed by atoms with van der Waals surface area (Å²) in [6, 6.07) is 11.0. The molecule has 6 heteroatoms. The highest BCUT2D eigenvalue weighted by atomic mass is 127. The third kappa shape index (κ3) is 8.66. The van der Waals surface area contributed by atoms with Gasteiger partial charge < -0.3 is 19.9 Å². The van der Waals surface area contributed by atoms with Gasteiger partial charge in [-0.1, -0.05) is 37.3 Å². The molecule has 0 aliphatic carbocycles. The minimum absolute atomic E-state index is 0. The van der Waals surface area contributed by atoms with Crippen molar-refractivity contribution in [1.82, 2.24) is 15.1 Å². The smallest absolute Gasteiger partial charge is 0.193 e. The Kier molecular flexibility index (Phi) is 12.7. The molecule has 2 unspecified atom stereocenters. The van der Waals surface area contributed by atoms with Gasteiger partial charge in [0.25, 0.3) is 0 Å².